The fraction of sp³-hybridized carbons (Fsp3) is 0.368. The molecule has 1 fully saturated rings. The number of ether oxygens (including phenoxy) is 1. The van der Waals surface area contributed by atoms with E-state index in [0.29, 0.717) is 13.1 Å². The molecule has 2 aromatic rings. The van der Waals surface area contributed by atoms with E-state index >= 15 is 0 Å². The number of benzene rings is 1. The molecule has 0 atom stereocenters. The summed E-state index contributed by atoms with van der Waals surface area (Å²) in [5.41, 5.74) is 1.94. The van der Waals surface area contributed by atoms with E-state index in [-0.39, 0.29) is 5.91 Å². The van der Waals surface area contributed by atoms with Crippen LogP contribution in [0.3, 0.4) is 0 Å². The first-order valence-electron chi connectivity index (χ1n) is 8.42. The maximum Gasteiger partial charge on any atom is 0.246 e. The number of allylic oxidation sites excluding steroid dienone is 1. The van der Waals surface area contributed by atoms with Crippen molar-refractivity contribution in [2.75, 3.05) is 38.2 Å². The van der Waals surface area contributed by atoms with Gasteiger partial charge in [-0.15, -0.1) is 0 Å². The molecular formula is C19H24N4O2. The molecule has 6 nitrogen and oxygen atoms in total. The third-order valence-electron chi connectivity index (χ3n) is 4.53. The van der Waals surface area contributed by atoms with Gasteiger partial charge in [-0.3, -0.25) is 4.79 Å². The monoisotopic (exact) mass is 340 g/mol. The van der Waals surface area contributed by atoms with Gasteiger partial charge in [0, 0.05) is 51.7 Å². The van der Waals surface area contributed by atoms with E-state index in [4.69, 9.17) is 4.74 Å². The summed E-state index contributed by atoms with van der Waals surface area (Å²) < 4.78 is 7.25. The van der Waals surface area contributed by atoms with E-state index in [1.165, 1.54) is 0 Å². The molecule has 3 rings (SSSR count). The second kappa shape index (κ2) is 7.42. The molecule has 1 saturated heterocycles. The zero-order valence-electron chi connectivity index (χ0n) is 15.0. The molecule has 0 spiro atoms. The van der Waals surface area contributed by atoms with Gasteiger partial charge in [0.1, 0.15) is 5.75 Å². The Hall–Kier alpha value is -2.76. The molecule has 0 radical (unpaired) electrons. The second-order valence-electron chi connectivity index (χ2n) is 6.21. The van der Waals surface area contributed by atoms with E-state index in [0.717, 1.165) is 35.9 Å². The Bertz CT molecular complexity index is 773. The van der Waals surface area contributed by atoms with Gasteiger partial charge in [-0.05, 0) is 30.2 Å². The number of anilines is 1. The van der Waals surface area contributed by atoms with Crippen molar-refractivity contribution in [3.05, 3.63) is 48.3 Å². The number of methoxy groups -OCH3 is 1. The Labute approximate surface area is 148 Å². The Balaban J connectivity index is 1.63. The average Bonchev–Trinajstić information content (AvgIpc) is 3.07. The lowest BCUT2D eigenvalue weighted by Crippen LogP contribution is -2.49. The fourth-order valence-corrected chi connectivity index (χ4v) is 3.02. The van der Waals surface area contributed by atoms with Crippen molar-refractivity contribution in [2.24, 2.45) is 7.05 Å². The summed E-state index contributed by atoms with van der Waals surface area (Å²) >= 11 is 0. The zero-order chi connectivity index (χ0) is 17.8. The third kappa shape index (κ3) is 3.84. The van der Waals surface area contributed by atoms with Gasteiger partial charge in [0.25, 0.3) is 0 Å². The van der Waals surface area contributed by atoms with E-state index in [9.17, 15) is 4.79 Å². The maximum atomic E-state index is 12.6. The second-order valence-corrected chi connectivity index (χ2v) is 6.21. The van der Waals surface area contributed by atoms with Crippen molar-refractivity contribution in [1.82, 2.24) is 14.5 Å². The van der Waals surface area contributed by atoms with Gasteiger partial charge in [0.15, 0.2) is 0 Å². The SMILES string of the molecule is COc1cccc(C(C)=CC(=O)N2CCN(c3nccn3C)CC2)c1. The molecular weight excluding hydrogens is 316 g/mol. The predicted octanol–water partition coefficient (Wildman–Crippen LogP) is 2.18. The van der Waals surface area contributed by atoms with Gasteiger partial charge in [0.2, 0.25) is 11.9 Å². The van der Waals surface area contributed by atoms with Crippen LogP contribution in [0.1, 0.15) is 12.5 Å². The first-order valence-corrected chi connectivity index (χ1v) is 8.42. The van der Waals surface area contributed by atoms with E-state index < -0.39 is 0 Å². The Kier molecular flexibility index (Phi) is 5.07. The maximum absolute atomic E-state index is 12.6. The van der Waals surface area contributed by atoms with Gasteiger partial charge >= 0.3 is 0 Å². The van der Waals surface area contributed by atoms with Crippen LogP contribution in [0.25, 0.3) is 5.57 Å². The molecule has 25 heavy (non-hydrogen) atoms. The van der Waals surface area contributed by atoms with Gasteiger partial charge in [-0.2, -0.15) is 0 Å². The van der Waals surface area contributed by atoms with Crippen molar-refractivity contribution < 1.29 is 9.53 Å². The van der Waals surface area contributed by atoms with Gasteiger partial charge in [-0.25, -0.2) is 4.98 Å². The molecule has 1 aromatic heterocycles. The first-order chi connectivity index (χ1) is 12.1. The highest BCUT2D eigenvalue weighted by Gasteiger charge is 2.22. The number of rotatable bonds is 4. The van der Waals surface area contributed by atoms with Crippen LogP contribution in [-0.2, 0) is 11.8 Å². The highest BCUT2D eigenvalue weighted by molar-refractivity contribution is 5.95. The number of aryl methyl sites for hydroxylation is 1. The summed E-state index contributed by atoms with van der Waals surface area (Å²) in [6, 6.07) is 7.76. The van der Waals surface area contributed by atoms with E-state index in [1.54, 1.807) is 19.4 Å². The summed E-state index contributed by atoms with van der Waals surface area (Å²) in [5.74, 6) is 1.80. The number of imidazole rings is 1. The number of amides is 1. The number of aromatic nitrogens is 2. The molecule has 0 unspecified atom stereocenters. The van der Waals surface area contributed by atoms with Gasteiger partial charge in [0.05, 0.1) is 7.11 Å². The highest BCUT2D eigenvalue weighted by atomic mass is 16.5. The fourth-order valence-electron chi connectivity index (χ4n) is 3.02. The first kappa shape index (κ1) is 17.1. The number of hydrogen-bond acceptors (Lipinski definition) is 4. The summed E-state index contributed by atoms with van der Waals surface area (Å²) in [7, 11) is 3.63. The largest absolute Gasteiger partial charge is 0.497 e. The number of hydrogen-bond donors (Lipinski definition) is 0. The van der Waals surface area contributed by atoms with E-state index in [2.05, 4.69) is 9.88 Å². The number of nitrogens with zero attached hydrogens (tertiary/aromatic N) is 4. The number of piperazine rings is 1. The lowest BCUT2D eigenvalue weighted by atomic mass is 10.1. The average molecular weight is 340 g/mol. The van der Waals surface area contributed by atoms with Crippen LogP contribution in [0, 0.1) is 0 Å². The van der Waals surface area contributed by atoms with Crippen molar-refractivity contribution in [1.29, 1.82) is 0 Å². The van der Waals surface area contributed by atoms with Crippen LogP contribution in [0.4, 0.5) is 5.95 Å². The zero-order valence-corrected chi connectivity index (χ0v) is 15.0. The Morgan fingerprint density at radius 1 is 1.24 bits per heavy atom. The molecule has 6 heteroatoms. The molecule has 1 aromatic carbocycles. The Morgan fingerprint density at radius 3 is 2.64 bits per heavy atom. The van der Waals surface area contributed by atoms with Crippen LogP contribution in [0.5, 0.6) is 5.75 Å². The van der Waals surface area contributed by atoms with Crippen LogP contribution in [0.2, 0.25) is 0 Å². The summed E-state index contributed by atoms with van der Waals surface area (Å²) in [6.45, 7) is 4.95. The molecule has 2 heterocycles. The molecule has 0 saturated carbocycles. The molecule has 0 bridgehead atoms. The molecule has 1 aliphatic heterocycles. The normalized spacial score (nSPS) is 15.4. The van der Waals surface area contributed by atoms with Crippen molar-refractivity contribution in [3.8, 4) is 5.75 Å². The van der Waals surface area contributed by atoms with Crippen LogP contribution in [-0.4, -0.2) is 53.6 Å². The van der Waals surface area contributed by atoms with Crippen molar-refractivity contribution in [2.45, 2.75) is 6.92 Å². The van der Waals surface area contributed by atoms with Crippen LogP contribution in [0.15, 0.2) is 42.7 Å². The molecule has 1 amide bonds. The van der Waals surface area contributed by atoms with Gasteiger partial charge in [-0.1, -0.05) is 12.1 Å². The minimum Gasteiger partial charge on any atom is -0.497 e. The summed E-state index contributed by atoms with van der Waals surface area (Å²) in [4.78, 5) is 21.1. The lowest BCUT2D eigenvalue weighted by molar-refractivity contribution is -0.126. The number of carbonyl (C=O) groups excluding carboxylic acids is 1. The van der Waals surface area contributed by atoms with Crippen LogP contribution >= 0.6 is 0 Å². The lowest BCUT2D eigenvalue weighted by Gasteiger charge is -2.34. The highest BCUT2D eigenvalue weighted by Crippen LogP contribution is 2.20. The van der Waals surface area contributed by atoms with Crippen molar-refractivity contribution in [3.63, 3.8) is 0 Å². The standard InChI is InChI=1S/C19H24N4O2/c1-15(16-5-4-6-17(14-16)25-3)13-18(24)22-9-11-23(12-10-22)19-20-7-8-21(19)2/h4-8,13-14H,9-12H2,1-3H3. The predicted molar refractivity (Wildman–Crippen MR) is 98.6 cm³/mol. The van der Waals surface area contributed by atoms with Crippen molar-refractivity contribution >= 4 is 17.4 Å². The molecule has 0 aliphatic carbocycles. The minimum atomic E-state index is 0.0554. The van der Waals surface area contributed by atoms with E-state index in [1.807, 2.05) is 53.9 Å². The topological polar surface area (TPSA) is 50.6 Å². The smallest absolute Gasteiger partial charge is 0.246 e. The summed E-state index contributed by atoms with van der Waals surface area (Å²) in [6.07, 6.45) is 5.45. The quantitative estimate of drug-likeness (QED) is 0.801. The van der Waals surface area contributed by atoms with Crippen LogP contribution < -0.4 is 9.64 Å². The number of carbonyl (C=O) groups is 1. The third-order valence-corrected chi connectivity index (χ3v) is 4.53. The molecule has 1 aliphatic rings. The van der Waals surface area contributed by atoms with Gasteiger partial charge < -0.3 is 19.1 Å². The molecule has 0 N–H and O–H groups in total. The minimum absolute atomic E-state index is 0.0554. The Morgan fingerprint density at radius 2 is 2.00 bits per heavy atom. The molecule has 132 valence electrons. The summed E-state index contributed by atoms with van der Waals surface area (Å²) in [5, 5.41) is 0.